The van der Waals surface area contributed by atoms with Gasteiger partial charge in [-0.2, -0.15) is 0 Å². The lowest BCUT2D eigenvalue weighted by atomic mass is 10.1. The number of carbonyl (C=O) groups is 2. The highest BCUT2D eigenvalue weighted by molar-refractivity contribution is 6.01. The molecule has 0 saturated carbocycles. The molecule has 4 nitrogen and oxygen atoms in total. The van der Waals surface area contributed by atoms with Crippen LogP contribution < -0.4 is 5.32 Å². The maximum absolute atomic E-state index is 11.2. The van der Waals surface area contributed by atoms with Crippen LogP contribution in [-0.2, 0) is 22.4 Å². The molecule has 0 unspecified atom stereocenters. The molecule has 0 spiro atoms. The first kappa shape index (κ1) is 10.7. The lowest BCUT2D eigenvalue weighted by molar-refractivity contribution is -0.139. The Morgan fingerprint density at radius 3 is 2.75 bits per heavy atom. The first-order valence-electron chi connectivity index (χ1n) is 5.28. The van der Waals surface area contributed by atoms with Crippen LogP contribution in [0.15, 0.2) is 18.2 Å². The van der Waals surface area contributed by atoms with Crippen molar-refractivity contribution in [3.63, 3.8) is 0 Å². The number of fused-ring (bicyclic) bond motifs is 1. The van der Waals surface area contributed by atoms with Crippen molar-refractivity contribution in [2.45, 2.75) is 25.7 Å². The number of nitrogens with one attached hydrogen (secondary N) is 1. The molecule has 2 rings (SSSR count). The Kier molecular flexibility index (Phi) is 2.90. The summed E-state index contributed by atoms with van der Waals surface area (Å²) in [4.78, 5) is 21.6. The van der Waals surface area contributed by atoms with E-state index in [-0.39, 0.29) is 0 Å². The Morgan fingerprint density at radius 2 is 2.00 bits per heavy atom. The van der Waals surface area contributed by atoms with E-state index in [0.29, 0.717) is 5.69 Å². The minimum Gasteiger partial charge on any atom is -0.481 e. The average molecular weight is 219 g/mol. The molecule has 0 radical (unpaired) electrons. The number of carboxylic acids is 1. The Bertz CT molecular complexity index is 440. The van der Waals surface area contributed by atoms with Crippen LogP contribution in [0.5, 0.6) is 0 Å². The van der Waals surface area contributed by atoms with Crippen molar-refractivity contribution < 1.29 is 14.7 Å². The summed E-state index contributed by atoms with van der Waals surface area (Å²) in [5.74, 6) is -1.59. The number of benzene rings is 1. The van der Waals surface area contributed by atoms with Crippen LogP contribution in [0.25, 0.3) is 0 Å². The van der Waals surface area contributed by atoms with E-state index in [0.717, 1.165) is 19.3 Å². The predicted molar refractivity (Wildman–Crippen MR) is 59.3 cm³/mol. The van der Waals surface area contributed by atoms with Gasteiger partial charge in [0, 0.05) is 5.69 Å². The number of carboxylic acid groups (broad SMARTS) is 1. The summed E-state index contributed by atoms with van der Waals surface area (Å²) >= 11 is 0. The van der Waals surface area contributed by atoms with Gasteiger partial charge in [-0.3, -0.25) is 9.59 Å². The molecule has 0 saturated heterocycles. The maximum Gasteiger partial charge on any atom is 0.312 e. The molecule has 4 heteroatoms. The number of rotatable bonds is 3. The third-order valence-corrected chi connectivity index (χ3v) is 2.69. The topological polar surface area (TPSA) is 66.4 Å². The Balaban J connectivity index is 2.05. The molecule has 84 valence electrons. The van der Waals surface area contributed by atoms with Crippen LogP contribution in [0.4, 0.5) is 5.69 Å². The number of amides is 1. The third kappa shape index (κ3) is 2.39. The highest BCUT2D eigenvalue weighted by atomic mass is 16.4. The standard InChI is InChI=1S/C12H13NO3/c14-11(7-12(15)16)13-10-5-4-8-2-1-3-9(8)6-10/h4-6H,1-3,7H2,(H,13,14)(H,15,16). The normalized spacial score (nSPS) is 13.2. The van der Waals surface area contributed by atoms with E-state index >= 15 is 0 Å². The summed E-state index contributed by atoms with van der Waals surface area (Å²) in [5.41, 5.74) is 3.27. The molecular formula is C12H13NO3. The molecule has 1 aromatic carbocycles. The minimum atomic E-state index is -1.11. The molecule has 1 aliphatic rings. The monoisotopic (exact) mass is 219 g/mol. The summed E-state index contributed by atoms with van der Waals surface area (Å²) in [6, 6.07) is 5.75. The summed E-state index contributed by atoms with van der Waals surface area (Å²) in [6.45, 7) is 0. The van der Waals surface area contributed by atoms with Crippen molar-refractivity contribution in [2.75, 3.05) is 5.32 Å². The minimum absolute atomic E-state index is 0.481. The third-order valence-electron chi connectivity index (χ3n) is 2.69. The fraction of sp³-hybridized carbons (Fsp3) is 0.333. The van der Waals surface area contributed by atoms with Crippen LogP contribution >= 0.6 is 0 Å². The van der Waals surface area contributed by atoms with Crippen molar-refractivity contribution in [3.8, 4) is 0 Å². The van der Waals surface area contributed by atoms with Gasteiger partial charge in [-0.25, -0.2) is 0 Å². The molecule has 0 bridgehead atoms. The summed E-state index contributed by atoms with van der Waals surface area (Å²) in [7, 11) is 0. The van der Waals surface area contributed by atoms with Crippen molar-refractivity contribution in [1.82, 2.24) is 0 Å². The van der Waals surface area contributed by atoms with Crippen LogP contribution in [0.2, 0.25) is 0 Å². The fourth-order valence-corrected chi connectivity index (χ4v) is 1.99. The summed E-state index contributed by atoms with van der Waals surface area (Å²) < 4.78 is 0. The van der Waals surface area contributed by atoms with Gasteiger partial charge in [0.25, 0.3) is 0 Å². The van der Waals surface area contributed by atoms with E-state index in [1.165, 1.54) is 11.1 Å². The van der Waals surface area contributed by atoms with Gasteiger partial charge < -0.3 is 10.4 Å². The number of aliphatic carboxylic acids is 1. The van der Waals surface area contributed by atoms with Crippen molar-refractivity contribution in [2.24, 2.45) is 0 Å². The van der Waals surface area contributed by atoms with Crippen LogP contribution in [-0.4, -0.2) is 17.0 Å². The van der Waals surface area contributed by atoms with Crippen LogP contribution in [0, 0.1) is 0 Å². The van der Waals surface area contributed by atoms with E-state index in [1.807, 2.05) is 18.2 Å². The van der Waals surface area contributed by atoms with Crippen molar-refractivity contribution in [3.05, 3.63) is 29.3 Å². The Morgan fingerprint density at radius 1 is 1.25 bits per heavy atom. The van der Waals surface area contributed by atoms with Gasteiger partial charge in [-0.05, 0) is 42.5 Å². The first-order valence-corrected chi connectivity index (χ1v) is 5.28. The van der Waals surface area contributed by atoms with E-state index in [4.69, 9.17) is 5.11 Å². The molecule has 0 heterocycles. The molecular weight excluding hydrogens is 206 g/mol. The molecule has 1 aromatic rings. The smallest absolute Gasteiger partial charge is 0.312 e. The van der Waals surface area contributed by atoms with E-state index in [2.05, 4.69) is 5.32 Å². The summed E-state index contributed by atoms with van der Waals surface area (Å²) in [5, 5.41) is 11.0. The van der Waals surface area contributed by atoms with E-state index in [1.54, 1.807) is 0 Å². The van der Waals surface area contributed by atoms with E-state index < -0.39 is 18.3 Å². The zero-order valence-corrected chi connectivity index (χ0v) is 8.82. The van der Waals surface area contributed by atoms with E-state index in [9.17, 15) is 9.59 Å². The Labute approximate surface area is 93.3 Å². The lowest BCUT2D eigenvalue weighted by Crippen LogP contribution is -2.15. The lowest BCUT2D eigenvalue weighted by Gasteiger charge is -2.06. The van der Waals surface area contributed by atoms with Gasteiger partial charge in [-0.15, -0.1) is 0 Å². The highest BCUT2D eigenvalue weighted by Crippen LogP contribution is 2.24. The van der Waals surface area contributed by atoms with Gasteiger partial charge in [0.05, 0.1) is 0 Å². The zero-order valence-electron chi connectivity index (χ0n) is 8.82. The number of hydrogen-bond donors (Lipinski definition) is 2. The molecule has 0 aliphatic heterocycles. The molecule has 1 amide bonds. The quantitative estimate of drug-likeness (QED) is 0.758. The van der Waals surface area contributed by atoms with Gasteiger partial charge in [0.1, 0.15) is 6.42 Å². The van der Waals surface area contributed by atoms with Gasteiger partial charge >= 0.3 is 5.97 Å². The molecule has 0 fully saturated rings. The largest absolute Gasteiger partial charge is 0.481 e. The molecule has 16 heavy (non-hydrogen) atoms. The number of anilines is 1. The fourth-order valence-electron chi connectivity index (χ4n) is 1.99. The highest BCUT2D eigenvalue weighted by Gasteiger charge is 2.12. The summed E-state index contributed by atoms with van der Waals surface area (Å²) in [6.07, 6.45) is 2.80. The number of hydrogen-bond acceptors (Lipinski definition) is 2. The van der Waals surface area contributed by atoms with Crippen LogP contribution in [0.1, 0.15) is 24.0 Å². The van der Waals surface area contributed by atoms with Gasteiger partial charge in [-0.1, -0.05) is 6.07 Å². The first-order chi connectivity index (χ1) is 7.65. The number of carbonyl (C=O) groups excluding carboxylic acids is 1. The average Bonchev–Trinajstić information content (AvgIpc) is 2.63. The van der Waals surface area contributed by atoms with Crippen molar-refractivity contribution in [1.29, 1.82) is 0 Å². The predicted octanol–water partition coefficient (Wildman–Crippen LogP) is 1.59. The van der Waals surface area contributed by atoms with Crippen LogP contribution in [0.3, 0.4) is 0 Å². The van der Waals surface area contributed by atoms with Gasteiger partial charge in [0.15, 0.2) is 0 Å². The molecule has 2 N–H and O–H groups in total. The maximum atomic E-state index is 11.2. The molecule has 0 aromatic heterocycles. The number of aryl methyl sites for hydroxylation is 2. The van der Waals surface area contributed by atoms with Gasteiger partial charge in [0.2, 0.25) is 5.91 Å². The second kappa shape index (κ2) is 4.35. The SMILES string of the molecule is O=C(O)CC(=O)Nc1ccc2c(c1)CCC2. The second-order valence-electron chi connectivity index (χ2n) is 3.96. The van der Waals surface area contributed by atoms with Crippen molar-refractivity contribution >= 4 is 17.6 Å². The zero-order chi connectivity index (χ0) is 11.5. The Hall–Kier alpha value is -1.84. The molecule has 1 aliphatic carbocycles. The molecule has 0 atom stereocenters. The second-order valence-corrected chi connectivity index (χ2v) is 3.96.